The van der Waals surface area contributed by atoms with Crippen LogP contribution in [-0.2, 0) is 27.4 Å². The molecule has 2 aromatic carbocycles. The highest BCUT2D eigenvalue weighted by Gasteiger charge is 2.37. The molecular weight excluding hydrogens is 520 g/mol. The van der Waals surface area contributed by atoms with Crippen molar-refractivity contribution in [1.29, 1.82) is 0 Å². The number of esters is 1. The number of hydrogen-bond acceptors (Lipinski definition) is 8. The Bertz CT molecular complexity index is 1710. The van der Waals surface area contributed by atoms with E-state index in [1.54, 1.807) is 19.3 Å². The highest BCUT2D eigenvalue weighted by atomic mass is 16.6. The van der Waals surface area contributed by atoms with Crippen molar-refractivity contribution in [2.45, 2.75) is 52.8 Å². The van der Waals surface area contributed by atoms with Gasteiger partial charge in [-0.25, -0.2) is 9.97 Å². The Morgan fingerprint density at radius 3 is 1.90 bits per heavy atom. The molecule has 5 aromatic rings. The molecule has 1 amide bonds. The van der Waals surface area contributed by atoms with Crippen LogP contribution in [0.15, 0.2) is 48.8 Å². The molecule has 11 heteroatoms. The highest BCUT2D eigenvalue weighted by molar-refractivity contribution is 5.87. The Labute approximate surface area is 237 Å². The predicted octanol–water partition coefficient (Wildman–Crippen LogP) is 4.27. The summed E-state index contributed by atoms with van der Waals surface area (Å²) in [7, 11) is 1.89. The summed E-state index contributed by atoms with van der Waals surface area (Å²) in [6.45, 7) is 7.74. The summed E-state index contributed by atoms with van der Waals surface area (Å²) in [5.41, 5.74) is 5.51. The van der Waals surface area contributed by atoms with Crippen molar-refractivity contribution >= 4 is 33.9 Å². The fourth-order valence-corrected chi connectivity index (χ4v) is 5.03. The van der Waals surface area contributed by atoms with Gasteiger partial charge < -0.3 is 25.3 Å². The van der Waals surface area contributed by atoms with Gasteiger partial charge in [-0.05, 0) is 50.6 Å². The third kappa shape index (κ3) is 6.25. The molecule has 5 rings (SSSR count). The summed E-state index contributed by atoms with van der Waals surface area (Å²) >= 11 is 0. The predicted molar refractivity (Wildman–Crippen MR) is 156 cm³/mol. The van der Waals surface area contributed by atoms with Crippen LogP contribution >= 0.6 is 0 Å². The number of fused-ring (bicyclic) bond motifs is 2. The summed E-state index contributed by atoms with van der Waals surface area (Å²) in [6, 6.07) is 11.8. The Morgan fingerprint density at radius 2 is 1.44 bits per heavy atom. The van der Waals surface area contributed by atoms with Crippen molar-refractivity contribution in [3.8, 4) is 22.5 Å². The van der Waals surface area contributed by atoms with Crippen LogP contribution in [0.5, 0.6) is 0 Å². The minimum absolute atomic E-state index is 0.170. The first-order valence-electron chi connectivity index (χ1n) is 13.6. The van der Waals surface area contributed by atoms with Gasteiger partial charge in [0.1, 0.15) is 11.6 Å². The molecule has 0 radical (unpaired) electrons. The number of carbonyl (C=O) groups is 2. The van der Waals surface area contributed by atoms with Crippen molar-refractivity contribution in [2.75, 3.05) is 7.05 Å². The van der Waals surface area contributed by atoms with E-state index in [9.17, 15) is 9.59 Å². The second-order valence-corrected chi connectivity index (χ2v) is 10.8. The van der Waals surface area contributed by atoms with Crippen LogP contribution in [0.2, 0.25) is 0 Å². The minimum atomic E-state index is -1.25. The molecule has 0 fully saturated rings. The smallest absolute Gasteiger partial charge is 0.303 e. The lowest BCUT2D eigenvalue weighted by molar-refractivity contribution is -0.166. The van der Waals surface area contributed by atoms with E-state index in [2.05, 4.69) is 40.5 Å². The van der Waals surface area contributed by atoms with E-state index in [1.807, 2.05) is 57.3 Å². The Kier molecular flexibility index (Phi) is 7.80. The fraction of sp³-hybridized carbons (Fsp3) is 0.333. The van der Waals surface area contributed by atoms with Gasteiger partial charge in [0.2, 0.25) is 0 Å². The standard InChI is InChI=1S/C30H34N8O3/c1-17(2)12-30(4,41-18(3)39)29(40)34-16-28-36-22-9-7-20(11-24(22)38-28)26-14-32-25(13-33-26)19-6-8-21-23(10-19)37-27(35-21)15-31-5/h6-11,13-14,17,31H,12,15-16H2,1-5H3,(H,34,40)(H,35,37)(H,36,38). The maximum absolute atomic E-state index is 12.9. The number of H-pyrrole nitrogens is 2. The van der Waals surface area contributed by atoms with Crippen LogP contribution in [0.1, 0.15) is 45.8 Å². The summed E-state index contributed by atoms with van der Waals surface area (Å²) in [5, 5.41) is 5.96. The van der Waals surface area contributed by atoms with Gasteiger partial charge in [-0.3, -0.25) is 19.6 Å². The first-order chi connectivity index (χ1) is 19.6. The van der Waals surface area contributed by atoms with Crippen LogP contribution in [0.3, 0.4) is 0 Å². The lowest BCUT2D eigenvalue weighted by atomic mass is 9.93. The SMILES string of the molecule is CNCc1nc2ccc(-c3cnc(-c4ccc5nc(CNC(=O)C(C)(CC(C)C)OC(C)=O)[nH]c5c4)cn3)cc2[nH]1. The van der Waals surface area contributed by atoms with Gasteiger partial charge in [0.05, 0.1) is 58.9 Å². The molecule has 11 nitrogen and oxygen atoms in total. The topological polar surface area (TPSA) is 151 Å². The Hall–Kier alpha value is -4.64. The molecule has 3 heterocycles. The second kappa shape index (κ2) is 11.5. The number of ether oxygens (including phenoxy) is 1. The number of nitrogens with zero attached hydrogens (tertiary/aromatic N) is 4. The van der Waals surface area contributed by atoms with Crippen molar-refractivity contribution in [2.24, 2.45) is 5.92 Å². The van der Waals surface area contributed by atoms with E-state index in [0.29, 0.717) is 18.8 Å². The van der Waals surface area contributed by atoms with E-state index in [-0.39, 0.29) is 18.4 Å². The van der Waals surface area contributed by atoms with Crippen LogP contribution < -0.4 is 10.6 Å². The number of imidazole rings is 2. The van der Waals surface area contributed by atoms with E-state index in [4.69, 9.17) is 4.74 Å². The van der Waals surface area contributed by atoms with Crippen LogP contribution in [0.4, 0.5) is 0 Å². The number of aromatic amines is 2. The van der Waals surface area contributed by atoms with Crippen molar-refractivity contribution in [3.05, 3.63) is 60.4 Å². The number of nitrogens with one attached hydrogen (secondary N) is 4. The average molecular weight is 555 g/mol. The molecule has 1 atom stereocenters. The molecule has 0 aliphatic heterocycles. The molecular formula is C30H34N8O3. The number of aromatic nitrogens is 6. The zero-order valence-electron chi connectivity index (χ0n) is 23.8. The minimum Gasteiger partial charge on any atom is -0.449 e. The number of amides is 1. The zero-order valence-corrected chi connectivity index (χ0v) is 23.8. The summed E-state index contributed by atoms with van der Waals surface area (Å²) in [4.78, 5) is 49.6. The normalized spacial score (nSPS) is 13.0. The molecule has 0 aliphatic carbocycles. The highest BCUT2D eigenvalue weighted by Crippen LogP contribution is 2.26. The number of benzene rings is 2. The second-order valence-electron chi connectivity index (χ2n) is 10.8. The average Bonchev–Trinajstić information content (AvgIpc) is 3.53. The van der Waals surface area contributed by atoms with E-state index in [0.717, 1.165) is 50.4 Å². The first-order valence-corrected chi connectivity index (χ1v) is 13.6. The summed E-state index contributed by atoms with van der Waals surface area (Å²) in [5.74, 6) is 0.793. The lowest BCUT2D eigenvalue weighted by Gasteiger charge is -2.29. The van der Waals surface area contributed by atoms with Gasteiger partial charge in [-0.2, -0.15) is 0 Å². The molecule has 0 saturated heterocycles. The van der Waals surface area contributed by atoms with Gasteiger partial charge in [0.15, 0.2) is 5.60 Å². The molecule has 0 aliphatic rings. The Morgan fingerprint density at radius 1 is 0.902 bits per heavy atom. The number of carbonyl (C=O) groups excluding carboxylic acids is 2. The van der Waals surface area contributed by atoms with Gasteiger partial charge in [-0.1, -0.05) is 26.0 Å². The van der Waals surface area contributed by atoms with E-state index >= 15 is 0 Å². The fourth-order valence-electron chi connectivity index (χ4n) is 5.03. The van der Waals surface area contributed by atoms with Crippen molar-refractivity contribution in [1.82, 2.24) is 40.5 Å². The Balaban J connectivity index is 1.29. The van der Waals surface area contributed by atoms with Gasteiger partial charge in [0, 0.05) is 18.1 Å². The molecule has 1 unspecified atom stereocenters. The van der Waals surface area contributed by atoms with Gasteiger partial charge >= 0.3 is 5.97 Å². The van der Waals surface area contributed by atoms with Crippen LogP contribution in [0, 0.1) is 5.92 Å². The van der Waals surface area contributed by atoms with Crippen LogP contribution in [-0.4, -0.2) is 54.4 Å². The van der Waals surface area contributed by atoms with E-state index < -0.39 is 11.6 Å². The summed E-state index contributed by atoms with van der Waals surface area (Å²) < 4.78 is 5.39. The van der Waals surface area contributed by atoms with Crippen molar-refractivity contribution < 1.29 is 14.3 Å². The summed E-state index contributed by atoms with van der Waals surface area (Å²) in [6.07, 6.45) is 3.93. The maximum Gasteiger partial charge on any atom is 0.303 e. The third-order valence-electron chi connectivity index (χ3n) is 6.71. The molecule has 0 saturated carbocycles. The lowest BCUT2D eigenvalue weighted by Crippen LogP contribution is -2.48. The largest absolute Gasteiger partial charge is 0.449 e. The first kappa shape index (κ1) is 27.9. The molecule has 0 spiro atoms. The number of hydrogen-bond donors (Lipinski definition) is 4. The van der Waals surface area contributed by atoms with Gasteiger partial charge in [0.25, 0.3) is 5.91 Å². The van der Waals surface area contributed by atoms with Crippen molar-refractivity contribution in [3.63, 3.8) is 0 Å². The molecule has 4 N–H and O–H groups in total. The molecule has 212 valence electrons. The monoisotopic (exact) mass is 554 g/mol. The number of rotatable bonds is 10. The molecule has 0 bridgehead atoms. The van der Waals surface area contributed by atoms with E-state index in [1.165, 1.54) is 6.92 Å². The maximum atomic E-state index is 12.9. The van der Waals surface area contributed by atoms with Gasteiger partial charge in [-0.15, -0.1) is 0 Å². The quantitative estimate of drug-likeness (QED) is 0.187. The zero-order chi connectivity index (χ0) is 29.1. The third-order valence-corrected chi connectivity index (χ3v) is 6.71. The molecule has 41 heavy (non-hydrogen) atoms. The molecule has 3 aromatic heterocycles. The van der Waals surface area contributed by atoms with Crippen LogP contribution in [0.25, 0.3) is 44.6 Å².